The zero-order valence-corrected chi connectivity index (χ0v) is 14.6. The Morgan fingerprint density at radius 1 is 1.26 bits per heavy atom. The molecular formula is C17H17N3O7. The highest BCUT2D eigenvalue weighted by atomic mass is 16.6. The molecule has 1 heterocycles. The number of fused-ring (bicyclic) bond motifs is 1. The number of nitrogens with zero attached hydrogens (tertiary/aromatic N) is 2. The molecule has 0 radical (unpaired) electrons. The number of imide groups is 1. The first-order chi connectivity index (χ1) is 12.7. The van der Waals surface area contributed by atoms with E-state index < -0.39 is 46.4 Å². The maximum atomic E-state index is 12.6. The molecule has 10 heteroatoms. The van der Waals surface area contributed by atoms with Gasteiger partial charge in [-0.15, -0.1) is 0 Å². The van der Waals surface area contributed by atoms with E-state index in [1.807, 2.05) is 0 Å². The lowest BCUT2D eigenvalue weighted by molar-refractivity contribution is -0.385. The van der Waals surface area contributed by atoms with Crippen molar-refractivity contribution in [2.45, 2.75) is 44.9 Å². The zero-order chi connectivity index (χ0) is 19.9. The van der Waals surface area contributed by atoms with Gasteiger partial charge in [-0.3, -0.25) is 29.4 Å². The number of hydrogen-bond donors (Lipinski definition) is 1. The lowest BCUT2D eigenvalue weighted by Crippen LogP contribution is -2.46. The number of esters is 1. The highest BCUT2D eigenvalue weighted by molar-refractivity contribution is 6.24. The Balaban J connectivity index is 1.75. The third kappa shape index (κ3) is 3.37. The van der Waals surface area contributed by atoms with Crippen molar-refractivity contribution in [3.63, 3.8) is 0 Å². The molecular weight excluding hydrogens is 358 g/mol. The summed E-state index contributed by atoms with van der Waals surface area (Å²) in [7, 11) is 0. The second kappa shape index (κ2) is 6.78. The van der Waals surface area contributed by atoms with Gasteiger partial charge in [0.2, 0.25) is 0 Å². The van der Waals surface area contributed by atoms with Crippen LogP contribution in [0.5, 0.6) is 0 Å². The molecule has 27 heavy (non-hydrogen) atoms. The second-order valence-corrected chi connectivity index (χ2v) is 6.48. The molecule has 0 spiro atoms. The average Bonchev–Trinajstić information content (AvgIpc) is 3.40. The van der Waals surface area contributed by atoms with E-state index >= 15 is 0 Å². The molecule has 0 unspecified atom stereocenters. The lowest BCUT2D eigenvalue weighted by atomic mass is 10.1. The monoisotopic (exact) mass is 375 g/mol. The van der Waals surface area contributed by atoms with E-state index in [1.165, 1.54) is 26.0 Å². The average molecular weight is 375 g/mol. The fourth-order valence-corrected chi connectivity index (χ4v) is 2.77. The number of carbonyl (C=O) groups excluding carboxylic acids is 4. The summed E-state index contributed by atoms with van der Waals surface area (Å²) in [6.45, 7) is 2.65. The van der Waals surface area contributed by atoms with Crippen molar-refractivity contribution >= 4 is 29.4 Å². The van der Waals surface area contributed by atoms with Crippen LogP contribution in [0, 0.1) is 10.1 Å². The number of ether oxygens (including phenoxy) is 1. The van der Waals surface area contributed by atoms with Crippen LogP contribution in [0.15, 0.2) is 18.2 Å². The Labute approximate surface area is 153 Å². The first-order valence-corrected chi connectivity index (χ1v) is 8.38. The van der Waals surface area contributed by atoms with Crippen LogP contribution in [0.4, 0.5) is 5.69 Å². The van der Waals surface area contributed by atoms with Crippen LogP contribution < -0.4 is 5.32 Å². The molecule has 1 aromatic rings. The molecule has 2 atom stereocenters. The maximum absolute atomic E-state index is 12.6. The zero-order valence-electron chi connectivity index (χ0n) is 14.6. The number of nitro benzene ring substituents is 1. The summed E-state index contributed by atoms with van der Waals surface area (Å²) in [6, 6.07) is 2.44. The summed E-state index contributed by atoms with van der Waals surface area (Å²) < 4.78 is 5.06. The molecule has 1 aromatic carbocycles. The van der Waals surface area contributed by atoms with Gasteiger partial charge < -0.3 is 10.1 Å². The van der Waals surface area contributed by atoms with Crippen LogP contribution in [-0.2, 0) is 14.3 Å². The van der Waals surface area contributed by atoms with Crippen LogP contribution >= 0.6 is 0 Å². The first-order valence-electron chi connectivity index (χ1n) is 8.38. The predicted molar refractivity (Wildman–Crippen MR) is 89.8 cm³/mol. The predicted octanol–water partition coefficient (Wildman–Crippen LogP) is 0.790. The Morgan fingerprint density at radius 3 is 2.52 bits per heavy atom. The van der Waals surface area contributed by atoms with E-state index in [1.54, 1.807) is 0 Å². The fraction of sp³-hybridized carbons (Fsp3) is 0.412. The van der Waals surface area contributed by atoms with Gasteiger partial charge in [-0.2, -0.15) is 0 Å². The largest absolute Gasteiger partial charge is 0.451 e. The number of benzene rings is 1. The second-order valence-electron chi connectivity index (χ2n) is 6.48. The molecule has 2 aliphatic rings. The molecule has 0 saturated heterocycles. The van der Waals surface area contributed by atoms with Gasteiger partial charge in [-0.25, -0.2) is 4.79 Å². The molecule has 142 valence electrons. The van der Waals surface area contributed by atoms with E-state index in [-0.39, 0.29) is 17.2 Å². The van der Waals surface area contributed by atoms with Crippen LogP contribution in [0.3, 0.4) is 0 Å². The number of nitrogens with one attached hydrogen (secondary N) is 1. The van der Waals surface area contributed by atoms with Crippen LogP contribution in [0.2, 0.25) is 0 Å². The number of carbonyl (C=O) groups is 4. The highest BCUT2D eigenvalue weighted by Gasteiger charge is 2.45. The summed E-state index contributed by atoms with van der Waals surface area (Å²) in [4.78, 5) is 60.3. The molecule has 1 N–H and O–H groups in total. The summed E-state index contributed by atoms with van der Waals surface area (Å²) in [6.07, 6.45) is 0.651. The third-order valence-corrected chi connectivity index (χ3v) is 4.44. The van der Waals surface area contributed by atoms with Gasteiger partial charge in [0, 0.05) is 12.1 Å². The molecule has 1 aliphatic heterocycles. The van der Waals surface area contributed by atoms with Gasteiger partial charge in [-0.1, -0.05) is 6.07 Å². The summed E-state index contributed by atoms with van der Waals surface area (Å²) in [5.74, 6) is -3.18. The Kier molecular flexibility index (Phi) is 4.64. The quantitative estimate of drug-likeness (QED) is 0.336. The normalized spacial score (nSPS) is 17.9. The molecule has 3 amide bonds. The highest BCUT2D eigenvalue weighted by Crippen LogP contribution is 2.32. The minimum absolute atomic E-state index is 0.0906. The van der Waals surface area contributed by atoms with E-state index in [9.17, 15) is 29.3 Å². The van der Waals surface area contributed by atoms with E-state index in [4.69, 9.17) is 4.74 Å². The van der Waals surface area contributed by atoms with Crippen LogP contribution in [0.25, 0.3) is 0 Å². The molecule has 1 fully saturated rings. The molecule has 3 rings (SSSR count). The van der Waals surface area contributed by atoms with Gasteiger partial charge in [-0.05, 0) is 32.8 Å². The third-order valence-electron chi connectivity index (χ3n) is 4.44. The summed E-state index contributed by atoms with van der Waals surface area (Å²) in [5, 5.41) is 13.8. The standard InChI is InChI=1S/C17H17N3O7/c1-8(17(24)27-9(2)14(21)18-10-6-7-10)19-15(22)11-4-3-5-12(20(25)26)13(11)16(19)23/h3-5,8-10H,6-7H2,1-2H3,(H,18,21)/t8-,9+/m0/s1. The van der Waals surface area contributed by atoms with E-state index in [2.05, 4.69) is 5.32 Å². The minimum atomic E-state index is -1.34. The Morgan fingerprint density at radius 2 is 1.93 bits per heavy atom. The van der Waals surface area contributed by atoms with Crippen LogP contribution in [-0.4, -0.2) is 51.7 Å². The maximum Gasteiger partial charge on any atom is 0.329 e. The molecule has 1 aliphatic carbocycles. The number of amides is 3. The summed E-state index contributed by atoms with van der Waals surface area (Å²) >= 11 is 0. The molecule has 10 nitrogen and oxygen atoms in total. The lowest BCUT2D eigenvalue weighted by Gasteiger charge is -2.22. The minimum Gasteiger partial charge on any atom is -0.451 e. The van der Waals surface area contributed by atoms with Crippen molar-refractivity contribution in [1.29, 1.82) is 0 Å². The number of rotatable bonds is 6. The van der Waals surface area contributed by atoms with E-state index in [0.717, 1.165) is 18.9 Å². The van der Waals surface area contributed by atoms with Gasteiger partial charge in [0.1, 0.15) is 11.6 Å². The number of hydrogen-bond acceptors (Lipinski definition) is 7. The first kappa shape index (κ1) is 18.5. The topological polar surface area (TPSA) is 136 Å². The van der Waals surface area contributed by atoms with Crippen molar-refractivity contribution in [2.75, 3.05) is 0 Å². The van der Waals surface area contributed by atoms with Crippen molar-refractivity contribution in [2.24, 2.45) is 0 Å². The molecule has 1 saturated carbocycles. The van der Waals surface area contributed by atoms with Crippen molar-refractivity contribution in [3.8, 4) is 0 Å². The SMILES string of the molecule is C[C@@H](OC(=O)[C@H](C)N1C(=O)c2cccc([N+](=O)[O-])c2C1=O)C(=O)NC1CC1. The van der Waals surface area contributed by atoms with E-state index in [0.29, 0.717) is 4.90 Å². The number of nitro groups is 1. The van der Waals surface area contributed by atoms with Crippen molar-refractivity contribution in [3.05, 3.63) is 39.4 Å². The molecule has 0 bridgehead atoms. The fourth-order valence-electron chi connectivity index (χ4n) is 2.77. The smallest absolute Gasteiger partial charge is 0.329 e. The van der Waals surface area contributed by atoms with Gasteiger partial charge >= 0.3 is 5.97 Å². The van der Waals surface area contributed by atoms with Gasteiger partial charge in [0.05, 0.1) is 10.5 Å². The van der Waals surface area contributed by atoms with Gasteiger partial charge in [0.15, 0.2) is 6.10 Å². The van der Waals surface area contributed by atoms with Gasteiger partial charge in [0.25, 0.3) is 23.4 Å². The van der Waals surface area contributed by atoms with Crippen molar-refractivity contribution < 1.29 is 28.8 Å². The Bertz CT molecular complexity index is 862. The Hall–Kier alpha value is -3.30. The molecule has 0 aromatic heterocycles. The van der Waals surface area contributed by atoms with Crippen LogP contribution in [0.1, 0.15) is 47.4 Å². The van der Waals surface area contributed by atoms with Crippen molar-refractivity contribution in [1.82, 2.24) is 10.2 Å². The summed E-state index contributed by atoms with van der Waals surface area (Å²) in [5.41, 5.74) is -1.01.